The average molecular weight is 409 g/mol. The number of aromatic nitrogens is 4. The van der Waals surface area contributed by atoms with E-state index in [1.165, 1.54) is 0 Å². The summed E-state index contributed by atoms with van der Waals surface area (Å²) in [6.07, 6.45) is 1.37. The highest BCUT2D eigenvalue weighted by Gasteiger charge is 2.23. The largest absolute Gasteiger partial charge is 0.341 e. The average Bonchev–Trinajstić information content (AvgIpc) is 3.12. The van der Waals surface area contributed by atoms with E-state index in [-0.39, 0.29) is 5.91 Å². The fraction of sp³-hybridized carbons (Fsp3) is 0.522. The van der Waals surface area contributed by atoms with Crippen molar-refractivity contribution >= 4 is 22.9 Å². The van der Waals surface area contributed by atoms with E-state index < -0.39 is 0 Å². The predicted molar refractivity (Wildman–Crippen MR) is 120 cm³/mol. The Bertz CT molecular complexity index is 1000. The lowest BCUT2D eigenvalue weighted by molar-refractivity contribution is -0.130. The quantitative estimate of drug-likeness (QED) is 0.703. The number of anilines is 1. The molecule has 0 atom stereocenters. The van der Waals surface area contributed by atoms with Crippen molar-refractivity contribution in [2.24, 2.45) is 5.92 Å². The Hall–Kier alpha value is -2.83. The predicted octanol–water partition coefficient (Wildman–Crippen LogP) is 3.31. The highest BCUT2D eigenvalue weighted by atomic mass is 16.2. The Kier molecular flexibility index (Phi) is 5.79. The molecule has 3 aromatic rings. The van der Waals surface area contributed by atoms with Crippen LogP contribution in [0.15, 0.2) is 24.3 Å². The number of H-pyrrole nitrogens is 1. The number of carbonyl (C=O) groups is 1. The molecule has 0 spiro atoms. The molecule has 2 aromatic heterocycles. The maximum atomic E-state index is 13.1. The van der Waals surface area contributed by atoms with Gasteiger partial charge in [-0.05, 0) is 38.3 Å². The van der Waals surface area contributed by atoms with Crippen molar-refractivity contribution in [2.75, 3.05) is 31.1 Å². The van der Waals surface area contributed by atoms with Crippen molar-refractivity contribution in [3.05, 3.63) is 41.2 Å². The number of rotatable bonds is 5. The molecule has 3 heterocycles. The van der Waals surface area contributed by atoms with Gasteiger partial charge in [0.25, 0.3) is 0 Å². The smallest absolute Gasteiger partial charge is 0.227 e. The third-order valence-electron chi connectivity index (χ3n) is 5.92. The zero-order chi connectivity index (χ0) is 21.3. The van der Waals surface area contributed by atoms with Gasteiger partial charge in [0.1, 0.15) is 0 Å². The Labute approximate surface area is 178 Å². The maximum Gasteiger partial charge on any atom is 0.227 e. The first-order valence-corrected chi connectivity index (χ1v) is 10.9. The SMILES string of the molecule is Cc1nn(CC(C)C)c(C)c1CC(=O)N1CCCN(c2nc3ccccc3[nH]2)CC1. The van der Waals surface area contributed by atoms with Crippen LogP contribution in [-0.2, 0) is 17.8 Å². The topological polar surface area (TPSA) is 70.1 Å². The molecule has 7 nitrogen and oxygen atoms in total. The fourth-order valence-corrected chi connectivity index (χ4v) is 4.24. The second-order valence-corrected chi connectivity index (χ2v) is 8.70. The van der Waals surface area contributed by atoms with E-state index >= 15 is 0 Å². The first-order chi connectivity index (χ1) is 14.4. The monoisotopic (exact) mass is 408 g/mol. The zero-order valence-corrected chi connectivity index (χ0v) is 18.5. The molecule has 160 valence electrons. The number of carbonyl (C=O) groups excluding carboxylic acids is 1. The van der Waals surface area contributed by atoms with Gasteiger partial charge in [-0.3, -0.25) is 9.48 Å². The van der Waals surface area contributed by atoms with Crippen LogP contribution >= 0.6 is 0 Å². The molecule has 0 radical (unpaired) electrons. The number of hydrogen-bond acceptors (Lipinski definition) is 4. The third kappa shape index (κ3) is 4.20. The number of benzene rings is 1. The Morgan fingerprint density at radius 3 is 2.70 bits per heavy atom. The standard InChI is InChI=1S/C23H32N6O/c1-16(2)15-29-18(4)19(17(3)26-29)14-22(30)27-10-7-11-28(13-12-27)23-24-20-8-5-6-9-21(20)25-23/h5-6,8-9,16H,7,10-15H2,1-4H3,(H,24,25). The first kappa shape index (κ1) is 20.4. The van der Waals surface area contributed by atoms with Gasteiger partial charge < -0.3 is 14.8 Å². The van der Waals surface area contributed by atoms with Crippen LogP contribution in [0.25, 0.3) is 11.0 Å². The highest BCUT2D eigenvalue weighted by molar-refractivity contribution is 5.80. The van der Waals surface area contributed by atoms with Crippen LogP contribution in [0.3, 0.4) is 0 Å². The second kappa shape index (κ2) is 8.50. The fourth-order valence-electron chi connectivity index (χ4n) is 4.24. The number of aryl methyl sites for hydroxylation is 1. The molecule has 4 rings (SSSR count). The number of nitrogens with zero attached hydrogens (tertiary/aromatic N) is 5. The molecule has 1 aliphatic rings. The van der Waals surface area contributed by atoms with E-state index in [9.17, 15) is 4.79 Å². The molecular formula is C23H32N6O. The first-order valence-electron chi connectivity index (χ1n) is 10.9. The van der Waals surface area contributed by atoms with Crippen molar-refractivity contribution in [3.63, 3.8) is 0 Å². The van der Waals surface area contributed by atoms with E-state index in [2.05, 4.69) is 35.8 Å². The van der Waals surface area contributed by atoms with Crippen LogP contribution in [0.5, 0.6) is 0 Å². The summed E-state index contributed by atoms with van der Waals surface area (Å²) in [5.41, 5.74) is 5.20. The molecule has 1 aliphatic heterocycles. The van der Waals surface area contributed by atoms with E-state index in [1.807, 2.05) is 40.8 Å². The van der Waals surface area contributed by atoms with Gasteiger partial charge in [-0.2, -0.15) is 5.10 Å². The van der Waals surface area contributed by atoms with Gasteiger partial charge in [0, 0.05) is 44.0 Å². The minimum absolute atomic E-state index is 0.191. The lowest BCUT2D eigenvalue weighted by atomic mass is 10.1. The normalized spacial score (nSPS) is 15.2. The summed E-state index contributed by atoms with van der Waals surface area (Å²) in [7, 11) is 0. The molecular weight excluding hydrogens is 376 g/mol. The minimum Gasteiger partial charge on any atom is -0.341 e. The van der Waals surface area contributed by atoms with Crippen molar-refractivity contribution in [2.45, 2.75) is 47.1 Å². The lowest BCUT2D eigenvalue weighted by Crippen LogP contribution is -2.36. The second-order valence-electron chi connectivity index (χ2n) is 8.70. The van der Waals surface area contributed by atoms with Crippen molar-refractivity contribution in [1.29, 1.82) is 0 Å². The molecule has 1 saturated heterocycles. The van der Waals surface area contributed by atoms with Crippen LogP contribution in [0.1, 0.15) is 37.2 Å². The number of imidazole rings is 1. The summed E-state index contributed by atoms with van der Waals surface area (Å²) < 4.78 is 2.05. The number of aromatic amines is 1. The molecule has 0 saturated carbocycles. The summed E-state index contributed by atoms with van der Waals surface area (Å²) >= 11 is 0. The molecule has 7 heteroatoms. The van der Waals surface area contributed by atoms with Crippen LogP contribution < -0.4 is 4.90 Å². The lowest BCUT2D eigenvalue weighted by Gasteiger charge is -2.22. The van der Waals surface area contributed by atoms with Crippen LogP contribution in [-0.4, -0.2) is 56.7 Å². The molecule has 0 bridgehead atoms. The number of fused-ring (bicyclic) bond motifs is 1. The van der Waals surface area contributed by atoms with Crippen LogP contribution in [0.2, 0.25) is 0 Å². The van der Waals surface area contributed by atoms with Gasteiger partial charge in [-0.15, -0.1) is 0 Å². The van der Waals surface area contributed by atoms with Gasteiger partial charge in [0.2, 0.25) is 11.9 Å². The molecule has 0 aliphatic carbocycles. The van der Waals surface area contributed by atoms with Crippen molar-refractivity contribution in [3.8, 4) is 0 Å². The summed E-state index contributed by atoms with van der Waals surface area (Å²) in [5, 5.41) is 4.66. The summed E-state index contributed by atoms with van der Waals surface area (Å²) in [6, 6.07) is 8.08. The van der Waals surface area contributed by atoms with Gasteiger partial charge in [0.05, 0.1) is 23.1 Å². The number of amides is 1. The van der Waals surface area contributed by atoms with Crippen molar-refractivity contribution in [1.82, 2.24) is 24.6 Å². The van der Waals surface area contributed by atoms with Gasteiger partial charge in [-0.1, -0.05) is 26.0 Å². The van der Waals surface area contributed by atoms with E-state index in [1.54, 1.807) is 0 Å². The summed E-state index contributed by atoms with van der Waals surface area (Å²) in [4.78, 5) is 25.5. The Morgan fingerprint density at radius 1 is 1.13 bits per heavy atom. The zero-order valence-electron chi connectivity index (χ0n) is 18.5. The number of hydrogen-bond donors (Lipinski definition) is 1. The maximum absolute atomic E-state index is 13.1. The Balaban J connectivity index is 1.42. The Morgan fingerprint density at radius 2 is 1.93 bits per heavy atom. The molecule has 1 N–H and O–H groups in total. The van der Waals surface area contributed by atoms with E-state index in [4.69, 9.17) is 4.98 Å². The summed E-state index contributed by atoms with van der Waals surface area (Å²) in [5.74, 6) is 1.62. The van der Waals surface area contributed by atoms with Crippen LogP contribution in [0, 0.1) is 19.8 Å². The van der Waals surface area contributed by atoms with Gasteiger partial charge in [0.15, 0.2) is 0 Å². The third-order valence-corrected chi connectivity index (χ3v) is 5.92. The number of para-hydroxylation sites is 2. The van der Waals surface area contributed by atoms with Crippen molar-refractivity contribution < 1.29 is 4.79 Å². The van der Waals surface area contributed by atoms with Gasteiger partial charge in [-0.25, -0.2) is 4.98 Å². The molecule has 0 unspecified atom stereocenters. The molecule has 30 heavy (non-hydrogen) atoms. The van der Waals surface area contributed by atoms with Gasteiger partial charge >= 0.3 is 0 Å². The molecule has 1 fully saturated rings. The minimum atomic E-state index is 0.191. The van der Waals surface area contributed by atoms with E-state index in [0.29, 0.717) is 18.9 Å². The highest BCUT2D eigenvalue weighted by Crippen LogP contribution is 2.20. The molecule has 1 amide bonds. The summed E-state index contributed by atoms with van der Waals surface area (Å²) in [6.45, 7) is 12.5. The van der Waals surface area contributed by atoms with Crippen LogP contribution in [0.4, 0.5) is 5.95 Å². The van der Waals surface area contributed by atoms with E-state index in [0.717, 1.165) is 66.5 Å². The molecule has 1 aromatic carbocycles. The number of nitrogens with one attached hydrogen (secondary N) is 1.